The van der Waals surface area contributed by atoms with E-state index >= 15 is 0 Å². The minimum atomic E-state index is -0.634. The molecular formula is C8H10N6Na2O4. The van der Waals surface area contributed by atoms with Crippen LogP contribution in [0.15, 0.2) is 9.59 Å². The van der Waals surface area contributed by atoms with E-state index in [1.54, 1.807) is 0 Å². The Morgan fingerprint density at radius 1 is 0.850 bits per heavy atom. The van der Waals surface area contributed by atoms with Crippen LogP contribution in [0.5, 0.6) is 12.0 Å². The Morgan fingerprint density at radius 3 is 1.45 bits per heavy atom. The van der Waals surface area contributed by atoms with Crippen molar-refractivity contribution in [1.29, 1.82) is 0 Å². The molecule has 0 radical (unpaired) electrons. The summed E-state index contributed by atoms with van der Waals surface area (Å²) in [6.45, 7) is 0.379. The molecule has 98 valence electrons. The molecule has 2 aromatic heterocycles. The largest absolute Gasteiger partial charge is 1.00 e. The Labute approximate surface area is 156 Å². The minimum absolute atomic E-state index is 0. The Bertz CT molecular complexity index is 588. The van der Waals surface area contributed by atoms with Crippen molar-refractivity contribution < 1.29 is 69.3 Å². The van der Waals surface area contributed by atoms with Crippen LogP contribution >= 0.6 is 0 Å². The summed E-state index contributed by atoms with van der Waals surface area (Å²) in [7, 11) is 0. The molecule has 2 N–H and O–H groups in total. The van der Waals surface area contributed by atoms with E-state index in [9.17, 15) is 19.8 Å². The topological polar surface area (TPSA) is 147 Å². The molecule has 10 nitrogen and oxygen atoms in total. The molecule has 0 fully saturated rings. The molecule has 0 amide bonds. The zero-order chi connectivity index (χ0) is 13.1. The number of hydrogen-bond donors (Lipinski definition) is 2. The predicted molar refractivity (Wildman–Crippen MR) is 53.8 cm³/mol. The van der Waals surface area contributed by atoms with E-state index in [0.717, 1.165) is 9.13 Å². The van der Waals surface area contributed by atoms with Crippen molar-refractivity contribution in [1.82, 2.24) is 29.5 Å². The number of aromatic amines is 2. The predicted octanol–water partition coefficient (Wildman–Crippen LogP) is -8.91. The molecule has 12 heteroatoms. The zero-order valence-corrected chi connectivity index (χ0v) is 15.3. The molecule has 0 spiro atoms. The van der Waals surface area contributed by atoms with Crippen LogP contribution in [0.25, 0.3) is 0 Å². The zero-order valence-electron chi connectivity index (χ0n) is 11.3. The first-order valence-corrected chi connectivity index (χ1v) is 5.24. The van der Waals surface area contributed by atoms with Gasteiger partial charge in [0, 0.05) is 13.1 Å². The summed E-state index contributed by atoms with van der Waals surface area (Å²) < 4.78 is 1.91. The molecule has 20 heavy (non-hydrogen) atoms. The first-order chi connectivity index (χ1) is 8.59. The summed E-state index contributed by atoms with van der Waals surface area (Å²) in [5, 5.41) is 32.7. The van der Waals surface area contributed by atoms with E-state index in [1.807, 2.05) is 10.2 Å². The maximum absolute atomic E-state index is 11.1. The second kappa shape index (κ2) is 8.70. The number of nitrogens with one attached hydrogen (secondary N) is 2. The SMILES string of the molecule is O=c1[nH]nc([O-])n1CCCCn1c([O-])n[nH]c1=O.[Na+].[Na+]. The summed E-state index contributed by atoms with van der Waals surface area (Å²) in [5.74, 6) is 0. The van der Waals surface area contributed by atoms with Crippen molar-refractivity contribution in [3.63, 3.8) is 0 Å². The van der Waals surface area contributed by atoms with Gasteiger partial charge < -0.3 is 10.2 Å². The monoisotopic (exact) mass is 300 g/mol. The van der Waals surface area contributed by atoms with E-state index in [2.05, 4.69) is 10.2 Å². The summed E-state index contributed by atoms with van der Waals surface area (Å²) >= 11 is 0. The van der Waals surface area contributed by atoms with Crippen molar-refractivity contribution >= 4 is 0 Å². The van der Waals surface area contributed by atoms with E-state index < -0.39 is 23.4 Å². The van der Waals surface area contributed by atoms with Gasteiger partial charge in [0.25, 0.3) is 0 Å². The van der Waals surface area contributed by atoms with Gasteiger partial charge in [0.1, 0.15) is 0 Å². The molecule has 2 rings (SSSR count). The van der Waals surface area contributed by atoms with E-state index in [0.29, 0.717) is 12.8 Å². The number of nitrogens with zero attached hydrogens (tertiary/aromatic N) is 4. The first kappa shape index (κ1) is 19.5. The number of aromatic nitrogens is 6. The van der Waals surface area contributed by atoms with E-state index in [1.165, 1.54) is 0 Å². The third kappa shape index (κ3) is 4.50. The van der Waals surface area contributed by atoms with E-state index in [4.69, 9.17) is 0 Å². The maximum atomic E-state index is 11.1. The Balaban J connectivity index is 0.00000180. The van der Waals surface area contributed by atoms with Gasteiger partial charge >= 0.3 is 70.5 Å². The van der Waals surface area contributed by atoms with Crippen LogP contribution in [-0.4, -0.2) is 29.5 Å². The van der Waals surface area contributed by atoms with Gasteiger partial charge in [-0.25, -0.2) is 19.8 Å². The molecule has 2 heterocycles. The van der Waals surface area contributed by atoms with Gasteiger partial charge in [-0.1, -0.05) is 0 Å². The van der Waals surface area contributed by atoms with Crippen LogP contribution in [0.4, 0.5) is 0 Å². The Hall–Kier alpha value is -0.520. The third-order valence-electron chi connectivity index (χ3n) is 2.46. The molecule has 0 aliphatic carbocycles. The number of unbranched alkanes of at least 4 members (excludes halogenated alkanes) is 1. The van der Waals surface area contributed by atoms with E-state index in [-0.39, 0.29) is 72.2 Å². The molecule has 0 aliphatic heterocycles. The molecule has 0 atom stereocenters. The fourth-order valence-corrected chi connectivity index (χ4v) is 1.54. The van der Waals surface area contributed by atoms with Gasteiger partial charge in [0.2, 0.25) is 0 Å². The van der Waals surface area contributed by atoms with Crippen LogP contribution in [0, 0.1) is 0 Å². The molecule has 0 aliphatic rings. The molecule has 2 aromatic rings. The minimum Gasteiger partial charge on any atom is -0.844 e. The van der Waals surface area contributed by atoms with Crippen molar-refractivity contribution in [2.45, 2.75) is 25.9 Å². The van der Waals surface area contributed by atoms with Crippen LogP contribution < -0.4 is 80.7 Å². The van der Waals surface area contributed by atoms with Crippen LogP contribution in [-0.2, 0) is 13.1 Å². The van der Waals surface area contributed by atoms with Crippen molar-refractivity contribution in [2.75, 3.05) is 0 Å². The van der Waals surface area contributed by atoms with Gasteiger partial charge in [-0.3, -0.25) is 9.13 Å². The smallest absolute Gasteiger partial charge is 0.844 e. The van der Waals surface area contributed by atoms with Crippen LogP contribution in [0.1, 0.15) is 12.8 Å². The summed E-state index contributed by atoms with van der Waals surface area (Å²) in [6.07, 6.45) is 0.928. The molecule has 0 unspecified atom stereocenters. The fourth-order valence-electron chi connectivity index (χ4n) is 1.54. The van der Waals surface area contributed by atoms with Gasteiger partial charge in [-0.2, -0.15) is 10.2 Å². The fraction of sp³-hybridized carbons (Fsp3) is 0.500. The summed E-state index contributed by atoms with van der Waals surface area (Å²) in [5.41, 5.74) is -1.13. The molecule has 0 bridgehead atoms. The normalized spacial score (nSPS) is 9.80. The van der Waals surface area contributed by atoms with Gasteiger partial charge in [-0.15, -0.1) is 0 Å². The van der Waals surface area contributed by atoms with Crippen molar-refractivity contribution in [3.8, 4) is 12.0 Å². The van der Waals surface area contributed by atoms with Crippen molar-refractivity contribution in [3.05, 3.63) is 21.0 Å². The number of hydrogen-bond acceptors (Lipinski definition) is 6. The summed E-state index contributed by atoms with van der Waals surface area (Å²) in [4.78, 5) is 22.2. The van der Waals surface area contributed by atoms with Gasteiger partial charge in [0.15, 0.2) is 0 Å². The average molecular weight is 300 g/mol. The van der Waals surface area contributed by atoms with Crippen LogP contribution in [0.3, 0.4) is 0 Å². The molecule has 0 aromatic carbocycles. The first-order valence-electron chi connectivity index (χ1n) is 5.24. The van der Waals surface area contributed by atoms with Gasteiger partial charge in [0.05, 0.1) is 12.0 Å². The van der Waals surface area contributed by atoms with Crippen molar-refractivity contribution in [2.24, 2.45) is 0 Å². The molecule has 0 saturated heterocycles. The maximum Gasteiger partial charge on any atom is 1.00 e. The van der Waals surface area contributed by atoms with Gasteiger partial charge in [-0.05, 0) is 12.8 Å². The Kier molecular flexibility index (Phi) is 8.47. The molecular weight excluding hydrogens is 290 g/mol. The Morgan fingerprint density at radius 2 is 1.20 bits per heavy atom. The number of H-pyrrole nitrogens is 2. The molecule has 0 saturated carbocycles. The average Bonchev–Trinajstić information content (AvgIpc) is 2.82. The number of rotatable bonds is 5. The quantitative estimate of drug-likeness (QED) is 0.414. The second-order valence-electron chi connectivity index (χ2n) is 3.63. The summed E-state index contributed by atoms with van der Waals surface area (Å²) in [6, 6.07) is -1.27. The van der Waals surface area contributed by atoms with Crippen LogP contribution in [0.2, 0.25) is 0 Å². The third-order valence-corrected chi connectivity index (χ3v) is 2.46. The standard InChI is InChI=1S/C8H12N6O4.2Na/c15-5-9-10-6(16)13(5)3-1-2-4-14-7(17)11-12-8(14)18;;/h1-4H2,(H,9,15)(H,10,16)(H,11,17)(H,12,18);;/q;2*+1/p-2. The second-order valence-corrected chi connectivity index (χ2v) is 3.63.